The van der Waals surface area contributed by atoms with E-state index in [0.29, 0.717) is 37.6 Å². The normalized spacial score (nSPS) is 13.3. The standard InChI is InChI=1S/C20H24N2O3/c1-3-24-18-11-14-9-10-22(13-15(14)12-19(18)25-4-2)20(23)16-7-5-6-8-17(16)21/h5-8,11-12H,3-4,9-10,13,21H2,1-2H3. The molecule has 5 heteroatoms. The Hall–Kier alpha value is -2.69. The zero-order valence-corrected chi connectivity index (χ0v) is 14.7. The lowest BCUT2D eigenvalue weighted by atomic mass is 9.98. The molecule has 0 saturated carbocycles. The Bertz CT molecular complexity index is 774. The number of para-hydroxylation sites is 1. The van der Waals surface area contributed by atoms with Gasteiger partial charge in [0.2, 0.25) is 0 Å². The van der Waals surface area contributed by atoms with Gasteiger partial charge in [0, 0.05) is 18.8 Å². The number of carbonyl (C=O) groups is 1. The van der Waals surface area contributed by atoms with E-state index < -0.39 is 0 Å². The molecule has 1 heterocycles. The lowest BCUT2D eigenvalue weighted by Crippen LogP contribution is -2.36. The van der Waals surface area contributed by atoms with Crippen LogP contribution in [0.2, 0.25) is 0 Å². The molecule has 5 nitrogen and oxygen atoms in total. The van der Waals surface area contributed by atoms with Crippen molar-refractivity contribution in [1.82, 2.24) is 4.90 Å². The number of amides is 1. The van der Waals surface area contributed by atoms with Crippen LogP contribution >= 0.6 is 0 Å². The first kappa shape index (κ1) is 17.1. The summed E-state index contributed by atoms with van der Waals surface area (Å²) in [6.45, 7) is 6.29. The molecule has 1 amide bonds. The summed E-state index contributed by atoms with van der Waals surface area (Å²) in [5.41, 5.74) is 9.33. The van der Waals surface area contributed by atoms with Crippen molar-refractivity contribution in [2.75, 3.05) is 25.5 Å². The fourth-order valence-corrected chi connectivity index (χ4v) is 3.14. The molecule has 0 fully saturated rings. The second kappa shape index (κ2) is 7.47. The van der Waals surface area contributed by atoms with Gasteiger partial charge in [-0.05, 0) is 55.7 Å². The number of hydrogen-bond donors (Lipinski definition) is 1. The predicted octanol–water partition coefficient (Wildman–Crippen LogP) is 3.26. The van der Waals surface area contributed by atoms with Gasteiger partial charge >= 0.3 is 0 Å². The molecule has 0 radical (unpaired) electrons. The van der Waals surface area contributed by atoms with Gasteiger partial charge in [0.1, 0.15) is 0 Å². The van der Waals surface area contributed by atoms with Gasteiger partial charge in [0.15, 0.2) is 11.5 Å². The van der Waals surface area contributed by atoms with Crippen molar-refractivity contribution >= 4 is 11.6 Å². The Labute approximate surface area is 148 Å². The molecule has 2 aromatic rings. The highest BCUT2D eigenvalue weighted by atomic mass is 16.5. The van der Waals surface area contributed by atoms with Crippen molar-refractivity contribution in [3.63, 3.8) is 0 Å². The summed E-state index contributed by atoms with van der Waals surface area (Å²) < 4.78 is 11.4. The van der Waals surface area contributed by atoms with Crippen molar-refractivity contribution in [3.05, 3.63) is 53.1 Å². The number of anilines is 1. The maximum atomic E-state index is 12.8. The van der Waals surface area contributed by atoms with Crippen molar-refractivity contribution in [2.24, 2.45) is 0 Å². The van der Waals surface area contributed by atoms with Gasteiger partial charge in [-0.15, -0.1) is 0 Å². The number of nitrogens with two attached hydrogens (primary N) is 1. The van der Waals surface area contributed by atoms with Gasteiger partial charge in [-0.1, -0.05) is 12.1 Å². The van der Waals surface area contributed by atoms with Crippen molar-refractivity contribution in [3.8, 4) is 11.5 Å². The number of ether oxygens (including phenoxy) is 2. The number of hydrogen-bond acceptors (Lipinski definition) is 4. The van der Waals surface area contributed by atoms with Crippen LogP contribution in [0.5, 0.6) is 11.5 Å². The first-order valence-corrected chi connectivity index (χ1v) is 8.69. The highest BCUT2D eigenvalue weighted by molar-refractivity contribution is 5.99. The maximum absolute atomic E-state index is 12.8. The van der Waals surface area contributed by atoms with Gasteiger partial charge in [0.25, 0.3) is 5.91 Å². The minimum atomic E-state index is -0.0319. The van der Waals surface area contributed by atoms with Crippen LogP contribution in [0.15, 0.2) is 36.4 Å². The highest BCUT2D eigenvalue weighted by Crippen LogP contribution is 2.34. The second-order valence-electron chi connectivity index (χ2n) is 6.00. The monoisotopic (exact) mass is 340 g/mol. The van der Waals surface area contributed by atoms with Gasteiger partial charge < -0.3 is 20.1 Å². The van der Waals surface area contributed by atoms with E-state index in [4.69, 9.17) is 15.2 Å². The average Bonchev–Trinajstić information content (AvgIpc) is 2.62. The molecule has 2 aromatic carbocycles. The summed E-state index contributed by atoms with van der Waals surface area (Å²) in [4.78, 5) is 14.6. The molecule has 3 rings (SSSR count). The minimum absolute atomic E-state index is 0.0319. The van der Waals surface area contributed by atoms with Crippen molar-refractivity contribution in [1.29, 1.82) is 0 Å². The van der Waals surface area contributed by atoms with Gasteiger partial charge in [0.05, 0.1) is 18.8 Å². The number of carbonyl (C=O) groups excluding carboxylic acids is 1. The Balaban J connectivity index is 1.86. The fraction of sp³-hybridized carbons (Fsp3) is 0.350. The molecule has 0 atom stereocenters. The first-order chi connectivity index (χ1) is 12.1. The van der Waals surface area contributed by atoms with E-state index in [-0.39, 0.29) is 5.91 Å². The van der Waals surface area contributed by atoms with Crippen LogP contribution in [0.1, 0.15) is 35.3 Å². The van der Waals surface area contributed by atoms with Crippen molar-refractivity contribution in [2.45, 2.75) is 26.8 Å². The Kier molecular flexibility index (Phi) is 5.12. The van der Waals surface area contributed by atoms with Crippen molar-refractivity contribution < 1.29 is 14.3 Å². The zero-order valence-electron chi connectivity index (χ0n) is 14.7. The molecule has 25 heavy (non-hydrogen) atoms. The van der Waals surface area contributed by atoms with Crippen LogP contribution in [-0.4, -0.2) is 30.6 Å². The van der Waals surface area contributed by atoms with Gasteiger partial charge in [-0.2, -0.15) is 0 Å². The summed E-state index contributed by atoms with van der Waals surface area (Å²) in [5.74, 6) is 1.47. The van der Waals surface area contributed by atoms with Crippen LogP contribution in [0.25, 0.3) is 0 Å². The van der Waals surface area contributed by atoms with Gasteiger partial charge in [-0.3, -0.25) is 4.79 Å². The summed E-state index contributed by atoms with van der Waals surface area (Å²) in [6.07, 6.45) is 0.792. The van der Waals surface area contributed by atoms with Crippen LogP contribution in [0.3, 0.4) is 0 Å². The lowest BCUT2D eigenvalue weighted by Gasteiger charge is -2.30. The molecule has 0 saturated heterocycles. The SMILES string of the molecule is CCOc1cc2c(cc1OCC)CN(C(=O)c1ccccc1N)CC2. The highest BCUT2D eigenvalue weighted by Gasteiger charge is 2.24. The second-order valence-corrected chi connectivity index (χ2v) is 6.00. The Morgan fingerprint density at radius 1 is 1.08 bits per heavy atom. The Morgan fingerprint density at radius 2 is 1.72 bits per heavy atom. The molecule has 0 bridgehead atoms. The van der Waals surface area contributed by atoms with E-state index in [1.54, 1.807) is 12.1 Å². The number of nitrogens with zero attached hydrogens (tertiary/aromatic N) is 1. The predicted molar refractivity (Wildman–Crippen MR) is 98.1 cm³/mol. The molecule has 1 aliphatic heterocycles. The van der Waals surface area contributed by atoms with E-state index in [0.717, 1.165) is 23.5 Å². The third-order valence-corrected chi connectivity index (χ3v) is 4.36. The summed E-state index contributed by atoms with van der Waals surface area (Å²) in [5, 5.41) is 0. The molecular weight excluding hydrogens is 316 g/mol. The quantitative estimate of drug-likeness (QED) is 0.849. The summed E-state index contributed by atoms with van der Waals surface area (Å²) >= 11 is 0. The molecule has 0 aliphatic carbocycles. The van der Waals surface area contributed by atoms with E-state index >= 15 is 0 Å². The molecule has 0 spiro atoms. The fourth-order valence-electron chi connectivity index (χ4n) is 3.14. The maximum Gasteiger partial charge on any atom is 0.256 e. The smallest absolute Gasteiger partial charge is 0.256 e. The molecule has 1 aliphatic rings. The first-order valence-electron chi connectivity index (χ1n) is 8.69. The average molecular weight is 340 g/mol. The van der Waals surface area contributed by atoms with Gasteiger partial charge in [-0.25, -0.2) is 0 Å². The summed E-state index contributed by atoms with van der Waals surface area (Å²) in [6, 6.07) is 11.2. The third kappa shape index (κ3) is 3.55. The van der Waals surface area contributed by atoms with Crippen LogP contribution in [0.4, 0.5) is 5.69 Å². The lowest BCUT2D eigenvalue weighted by molar-refractivity contribution is 0.0735. The van der Waals surface area contributed by atoms with E-state index in [9.17, 15) is 4.79 Å². The third-order valence-electron chi connectivity index (χ3n) is 4.36. The van der Waals surface area contributed by atoms with E-state index in [2.05, 4.69) is 0 Å². The molecule has 0 unspecified atom stereocenters. The Morgan fingerprint density at radius 3 is 2.36 bits per heavy atom. The zero-order chi connectivity index (χ0) is 17.8. The number of nitrogen functional groups attached to an aromatic ring is 1. The number of fused-ring (bicyclic) bond motifs is 1. The van der Waals surface area contributed by atoms with Crippen LogP contribution < -0.4 is 15.2 Å². The minimum Gasteiger partial charge on any atom is -0.490 e. The largest absolute Gasteiger partial charge is 0.490 e. The molecule has 0 aromatic heterocycles. The topological polar surface area (TPSA) is 64.8 Å². The number of rotatable bonds is 5. The van der Waals surface area contributed by atoms with E-state index in [1.165, 1.54) is 5.56 Å². The molecular formula is C20H24N2O3. The van der Waals surface area contributed by atoms with E-state index in [1.807, 2.05) is 43.0 Å². The molecule has 2 N–H and O–H groups in total. The van der Waals surface area contributed by atoms with Crippen LogP contribution in [-0.2, 0) is 13.0 Å². The van der Waals surface area contributed by atoms with Crippen LogP contribution in [0, 0.1) is 0 Å². The summed E-state index contributed by atoms with van der Waals surface area (Å²) in [7, 11) is 0. The number of benzene rings is 2. The molecule has 132 valence electrons.